The van der Waals surface area contributed by atoms with Crippen LogP contribution in [0, 0.1) is 0 Å². The Kier molecular flexibility index (Phi) is 5.22. The Hall–Kier alpha value is -2.25. The van der Waals surface area contributed by atoms with E-state index in [0.717, 1.165) is 68.7 Å². The van der Waals surface area contributed by atoms with Crippen molar-refractivity contribution in [2.45, 2.75) is 39.3 Å². The molecule has 0 radical (unpaired) electrons. The SMILES string of the molecule is CC(C)c1nc2c(c(=O)[nH]1)CN(Cc1ccc(N3CCOCC3)nc1)CC2. The topological polar surface area (TPSA) is 74.4 Å². The van der Waals surface area contributed by atoms with Gasteiger partial charge in [-0.1, -0.05) is 19.9 Å². The molecule has 0 saturated carbocycles. The van der Waals surface area contributed by atoms with Crippen LogP contribution >= 0.6 is 0 Å². The van der Waals surface area contributed by atoms with Crippen molar-refractivity contribution < 1.29 is 4.74 Å². The Balaban J connectivity index is 1.43. The lowest BCUT2D eigenvalue weighted by Gasteiger charge is -2.29. The first-order chi connectivity index (χ1) is 13.1. The van der Waals surface area contributed by atoms with E-state index in [1.165, 1.54) is 5.56 Å². The standard InChI is InChI=1S/C20H27N5O2/c1-14(2)19-22-17-5-6-24(13-16(17)20(26)23-19)12-15-3-4-18(21-11-15)25-7-9-27-10-8-25/h3-4,11,14H,5-10,12-13H2,1-2H3,(H,22,23,26). The number of anilines is 1. The second-order valence-electron chi connectivity index (χ2n) is 7.62. The van der Waals surface area contributed by atoms with Gasteiger partial charge in [0.2, 0.25) is 0 Å². The van der Waals surface area contributed by atoms with Gasteiger partial charge in [-0.2, -0.15) is 0 Å². The number of H-pyrrole nitrogens is 1. The van der Waals surface area contributed by atoms with E-state index in [-0.39, 0.29) is 11.5 Å². The summed E-state index contributed by atoms with van der Waals surface area (Å²) in [5.41, 5.74) is 2.94. The molecule has 0 atom stereocenters. The Labute approximate surface area is 159 Å². The van der Waals surface area contributed by atoms with E-state index < -0.39 is 0 Å². The minimum absolute atomic E-state index is 0.00851. The third-order valence-corrected chi connectivity index (χ3v) is 5.26. The normalized spacial score (nSPS) is 18.0. The average Bonchev–Trinajstić information content (AvgIpc) is 2.69. The summed E-state index contributed by atoms with van der Waals surface area (Å²) in [7, 11) is 0. The molecule has 0 spiro atoms. The maximum absolute atomic E-state index is 12.5. The summed E-state index contributed by atoms with van der Waals surface area (Å²) >= 11 is 0. The van der Waals surface area contributed by atoms with Crippen LogP contribution in [0.2, 0.25) is 0 Å². The fourth-order valence-corrected chi connectivity index (χ4v) is 3.66. The van der Waals surface area contributed by atoms with Crippen LogP contribution in [0.1, 0.15) is 42.4 Å². The number of pyridine rings is 1. The zero-order valence-corrected chi connectivity index (χ0v) is 16.1. The molecule has 2 aliphatic heterocycles. The van der Waals surface area contributed by atoms with Crippen LogP contribution in [-0.4, -0.2) is 52.7 Å². The van der Waals surface area contributed by atoms with Gasteiger partial charge in [-0.05, 0) is 11.6 Å². The van der Waals surface area contributed by atoms with E-state index in [1.807, 2.05) is 20.0 Å². The van der Waals surface area contributed by atoms with Crippen LogP contribution in [0.25, 0.3) is 0 Å². The van der Waals surface area contributed by atoms with Crippen LogP contribution in [0.5, 0.6) is 0 Å². The monoisotopic (exact) mass is 369 g/mol. The van der Waals surface area contributed by atoms with Crippen LogP contribution < -0.4 is 10.5 Å². The lowest BCUT2D eigenvalue weighted by atomic mass is 10.1. The molecule has 1 saturated heterocycles. The highest BCUT2D eigenvalue weighted by atomic mass is 16.5. The number of fused-ring (bicyclic) bond motifs is 1. The minimum atomic E-state index is 0.00851. The van der Waals surface area contributed by atoms with Crippen molar-refractivity contribution in [1.29, 1.82) is 0 Å². The van der Waals surface area contributed by atoms with E-state index >= 15 is 0 Å². The first kappa shape index (κ1) is 18.1. The van der Waals surface area contributed by atoms with Crippen molar-refractivity contribution in [1.82, 2.24) is 19.9 Å². The van der Waals surface area contributed by atoms with Crippen molar-refractivity contribution in [2.24, 2.45) is 0 Å². The predicted molar refractivity (Wildman–Crippen MR) is 104 cm³/mol. The van der Waals surface area contributed by atoms with Crippen molar-refractivity contribution in [3.63, 3.8) is 0 Å². The summed E-state index contributed by atoms with van der Waals surface area (Å²) in [6.45, 7) is 9.75. The maximum Gasteiger partial charge on any atom is 0.255 e. The molecular weight excluding hydrogens is 342 g/mol. The first-order valence-electron chi connectivity index (χ1n) is 9.72. The van der Waals surface area contributed by atoms with E-state index in [9.17, 15) is 4.79 Å². The Morgan fingerprint density at radius 1 is 1.22 bits per heavy atom. The van der Waals surface area contributed by atoms with Gasteiger partial charge in [-0.3, -0.25) is 9.69 Å². The fraction of sp³-hybridized carbons (Fsp3) is 0.550. The molecule has 7 nitrogen and oxygen atoms in total. The molecule has 4 heterocycles. The second-order valence-corrected chi connectivity index (χ2v) is 7.62. The summed E-state index contributed by atoms with van der Waals surface area (Å²) < 4.78 is 5.39. The van der Waals surface area contributed by atoms with Crippen LogP contribution in [0.3, 0.4) is 0 Å². The predicted octanol–water partition coefficient (Wildman–Crippen LogP) is 1.68. The zero-order chi connectivity index (χ0) is 18.8. The molecular formula is C20H27N5O2. The van der Waals surface area contributed by atoms with Gasteiger partial charge in [-0.15, -0.1) is 0 Å². The van der Waals surface area contributed by atoms with E-state index in [4.69, 9.17) is 4.74 Å². The summed E-state index contributed by atoms with van der Waals surface area (Å²) in [4.78, 5) is 29.2. The van der Waals surface area contributed by atoms with Gasteiger partial charge in [-0.25, -0.2) is 9.97 Å². The number of rotatable bonds is 4. The molecule has 2 aromatic rings. The summed E-state index contributed by atoms with van der Waals surface area (Å²) in [6.07, 6.45) is 2.77. The number of nitrogens with zero attached hydrogens (tertiary/aromatic N) is 4. The third kappa shape index (κ3) is 4.04. The highest BCUT2D eigenvalue weighted by Crippen LogP contribution is 2.19. The number of nitrogens with one attached hydrogen (secondary N) is 1. The molecule has 0 amide bonds. The molecule has 0 aromatic carbocycles. The average molecular weight is 369 g/mol. The van der Waals surface area contributed by atoms with Crippen molar-refractivity contribution in [2.75, 3.05) is 37.7 Å². The summed E-state index contributed by atoms with van der Waals surface area (Å²) in [5, 5.41) is 0. The van der Waals surface area contributed by atoms with E-state index in [0.29, 0.717) is 6.54 Å². The number of ether oxygens (including phenoxy) is 1. The van der Waals surface area contributed by atoms with Crippen molar-refractivity contribution >= 4 is 5.82 Å². The molecule has 1 fully saturated rings. The summed E-state index contributed by atoms with van der Waals surface area (Å²) in [6, 6.07) is 4.22. The smallest absolute Gasteiger partial charge is 0.255 e. The number of morpholine rings is 1. The summed E-state index contributed by atoms with van der Waals surface area (Å²) in [5.74, 6) is 2.03. The number of hydrogen-bond acceptors (Lipinski definition) is 6. The van der Waals surface area contributed by atoms with Gasteiger partial charge in [0.1, 0.15) is 11.6 Å². The number of hydrogen-bond donors (Lipinski definition) is 1. The lowest BCUT2D eigenvalue weighted by Crippen LogP contribution is -2.37. The third-order valence-electron chi connectivity index (χ3n) is 5.26. The van der Waals surface area contributed by atoms with Gasteiger partial charge in [0.15, 0.2) is 0 Å². The molecule has 2 aliphatic rings. The van der Waals surface area contributed by atoms with Crippen LogP contribution in [-0.2, 0) is 24.2 Å². The van der Waals surface area contributed by atoms with Gasteiger partial charge in [0.25, 0.3) is 5.56 Å². The van der Waals surface area contributed by atoms with Crippen LogP contribution in [0.15, 0.2) is 23.1 Å². The van der Waals surface area contributed by atoms with Crippen molar-refractivity contribution in [3.8, 4) is 0 Å². The van der Waals surface area contributed by atoms with Crippen molar-refractivity contribution in [3.05, 3.63) is 51.3 Å². The molecule has 2 aromatic heterocycles. The molecule has 0 aliphatic carbocycles. The molecule has 0 unspecified atom stereocenters. The zero-order valence-electron chi connectivity index (χ0n) is 16.1. The fourth-order valence-electron chi connectivity index (χ4n) is 3.66. The molecule has 0 bridgehead atoms. The molecule has 1 N–H and O–H groups in total. The van der Waals surface area contributed by atoms with Gasteiger partial charge in [0, 0.05) is 51.3 Å². The van der Waals surface area contributed by atoms with Crippen LogP contribution in [0.4, 0.5) is 5.82 Å². The molecule has 144 valence electrons. The Bertz CT molecular complexity index is 840. The first-order valence-corrected chi connectivity index (χ1v) is 9.72. The number of aromatic nitrogens is 3. The molecule has 4 rings (SSSR count). The quantitative estimate of drug-likeness (QED) is 0.884. The van der Waals surface area contributed by atoms with Gasteiger partial charge in [0.05, 0.1) is 24.5 Å². The van der Waals surface area contributed by atoms with Gasteiger partial charge < -0.3 is 14.6 Å². The number of aromatic amines is 1. The molecule has 7 heteroatoms. The lowest BCUT2D eigenvalue weighted by molar-refractivity contribution is 0.122. The van der Waals surface area contributed by atoms with E-state index in [2.05, 4.69) is 36.9 Å². The highest BCUT2D eigenvalue weighted by Gasteiger charge is 2.22. The minimum Gasteiger partial charge on any atom is -0.378 e. The maximum atomic E-state index is 12.5. The Morgan fingerprint density at radius 3 is 2.74 bits per heavy atom. The highest BCUT2D eigenvalue weighted by molar-refractivity contribution is 5.39. The second kappa shape index (κ2) is 7.78. The molecule has 27 heavy (non-hydrogen) atoms. The Morgan fingerprint density at radius 2 is 2.04 bits per heavy atom. The van der Waals surface area contributed by atoms with E-state index in [1.54, 1.807) is 0 Å². The van der Waals surface area contributed by atoms with Gasteiger partial charge >= 0.3 is 0 Å². The largest absolute Gasteiger partial charge is 0.378 e.